The van der Waals surface area contributed by atoms with Gasteiger partial charge in [-0.25, -0.2) is 0 Å². The van der Waals surface area contributed by atoms with Crippen molar-refractivity contribution in [3.8, 4) is 0 Å². The quantitative estimate of drug-likeness (QED) is 0.391. The Labute approximate surface area is 185 Å². The lowest BCUT2D eigenvalue weighted by Crippen LogP contribution is -2.21. The summed E-state index contributed by atoms with van der Waals surface area (Å²) in [6.07, 6.45) is 2.35. The van der Waals surface area contributed by atoms with Crippen LogP contribution in [-0.4, -0.2) is 32.3 Å². The van der Waals surface area contributed by atoms with Crippen molar-refractivity contribution in [2.24, 2.45) is 5.18 Å². The first kappa shape index (κ1) is 22.6. The van der Waals surface area contributed by atoms with Crippen LogP contribution in [0.25, 0.3) is 0 Å². The van der Waals surface area contributed by atoms with E-state index in [4.69, 9.17) is 4.74 Å². The molecule has 0 radical (unpaired) electrons. The van der Waals surface area contributed by atoms with Crippen LogP contribution < -0.4 is 4.90 Å². The normalized spacial score (nSPS) is 12.9. The molecule has 31 heavy (non-hydrogen) atoms. The second-order valence-corrected chi connectivity index (χ2v) is 8.00. The van der Waals surface area contributed by atoms with Gasteiger partial charge in [0.05, 0.1) is 6.61 Å². The van der Waals surface area contributed by atoms with Gasteiger partial charge in [0.15, 0.2) is 0 Å². The number of hydrogen-bond acceptors (Lipinski definition) is 5. The highest BCUT2D eigenvalue weighted by Gasteiger charge is 2.23. The van der Waals surface area contributed by atoms with Crippen molar-refractivity contribution in [1.29, 1.82) is 0 Å². The number of benzene rings is 2. The summed E-state index contributed by atoms with van der Waals surface area (Å²) in [6.45, 7) is 5.57. The monoisotopic (exact) mass is 417 g/mol. The molecule has 0 aliphatic carbocycles. The van der Waals surface area contributed by atoms with Gasteiger partial charge in [-0.2, -0.15) is 4.91 Å². The molecule has 162 valence electrons. The number of likely N-dealkylation sites (N-methyl/N-ethyl adjacent to an activating group) is 1. The number of hydrogen-bond donors (Lipinski definition) is 0. The minimum Gasteiger partial charge on any atom is -0.383 e. The zero-order valence-electron chi connectivity index (χ0n) is 18.8. The fourth-order valence-corrected chi connectivity index (χ4v) is 3.98. The van der Waals surface area contributed by atoms with Gasteiger partial charge in [0.2, 0.25) is 0 Å². The third-order valence-corrected chi connectivity index (χ3v) is 5.82. The third kappa shape index (κ3) is 5.76. The van der Waals surface area contributed by atoms with Gasteiger partial charge < -0.3 is 9.64 Å². The molecule has 3 aromatic rings. The Bertz CT molecular complexity index is 988. The summed E-state index contributed by atoms with van der Waals surface area (Å²) in [5.41, 5.74) is 6.56. The summed E-state index contributed by atoms with van der Waals surface area (Å²) in [7, 11) is 3.77. The van der Waals surface area contributed by atoms with Crippen molar-refractivity contribution >= 4 is 5.69 Å². The van der Waals surface area contributed by atoms with E-state index in [0.717, 1.165) is 23.5 Å². The number of aryl methyl sites for hydroxylation is 2. The van der Waals surface area contributed by atoms with Gasteiger partial charge in [-0.05, 0) is 66.8 Å². The third-order valence-electron chi connectivity index (χ3n) is 5.82. The first-order valence-electron chi connectivity index (χ1n) is 10.6. The Balaban J connectivity index is 1.94. The average Bonchev–Trinajstić information content (AvgIpc) is 2.79. The van der Waals surface area contributed by atoms with Crippen molar-refractivity contribution in [1.82, 2.24) is 4.98 Å². The fourth-order valence-electron chi connectivity index (χ4n) is 3.98. The van der Waals surface area contributed by atoms with Crippen molar-refractivity contribution in [2.45, 2.75) is 32.2 Å². The highest BCUT2D eigenvalue weighted by molar-refractivity contribution is 5.49. The molecule has 0 N–H and O–H groups in total. The number of aromatic nitrogens is 1. The smallest absolute Gasteiger partial charge is 0.118 e. The van der Waals surface area contributed by atoms with Crippen LogP contribution in [0.3, 0.4) is 0 Å². The molecule has 5 heteroatoms. The zero-order valence-corrected chi connectivity index (χ0v) is 18.8. The number of methoxy groups -OCH3 is 1. The van der Waals surface area contributed by atoms with Crippen LogP contribution in [0.4, 0.5) is 5.69 Å². The number of nitroso groups, excluding NO2 is 1. The Kier molecular flexibility index (Phi) is 7.90. The second-order valence-electron chi connectivity index (χ2n) is 8.00. The predicted molar refractivity (Wildman–Crippen MR) is 127 cm³/mol. The Morgan fingerprint density at radius 2 is 1.77 bits per heavy atom. The van der Waals surface area contributed by atoms with Gasteiger partial charge in [-0.15, -0.1) is 0 Å². The van der Waals surface area contributed by atoms with E-state index in [1.165, 1.54) is 16.7 Å². The molecule has 0 fully saturated rings. The second kappa shape index (κ2) is 10.8. The van der Waals surface area contributed by atoms with Crippen molar-refractivity contribution < 1.29 is 4.74 Å². The maximum atomic E-state index is 11.9. The van der Waals surface area contributed by atoms with Gasteiger partial charge in [0.1, 0.15) is 6.04 Å². The topological polar surface area (TPSA) is 54.8 Å². The molecule has 0 spiro atoms. The highest BCUT2D eigenvalue weighted by Crippen LogP contribution is 2.37. The minimum absolute atomic E-state index is 0.0655. The number of anilines is 1. The van der Waals surface area contributed by atoms with Crippen LogP contribution in [0.1, 0.15) is 46.3 Å². The van der Waals surface area contributed by atoms with E-state index in [1.54, 1.807) is 13.3 Å². The first-order chi connectivity index (χ1) is 15.0. The fraction of sp³-hybridized carbons (Fsp3) is 0.346. The molecule has 0 bridgehead atoms. The molecule has 2 aromatic carbocycles. The van der Waals surface area contributed by atoms with E-state index >= 15 is 0 Å². The molecule has 5 nitrogen and oxygen atoms in total. The van der Waals surface area contributed by atoms with Gasteiger partial charge in [0.25, 0.3) is 0 Å². The number of pyridine rings is 1. The number of rotatable bonds is 10. The van der Waals surface area contributed by atoms with E-state index in [9.17, 15) is 4.91 Å². The summed E-state index contributed by atoms with van der Waals surface area (Å²) in [6, 6.07) is 20.4. The van der Waals surface area contributed by atoms with E-state index < -0.39 is 6.04 Å². The molecule has 0 amide bonds. The van der Waals surface area contributed by atoms with Gasteiger partial charge >= 0.3 is 0 Å². The maximum absolute atomic E-state index is 11.9. The number of nitrogens with zero attached hydrogens (tertiary/aromatic N) is 3. The summed E-state index contributed by atoms with van der Waals surface area (Å²) >= 11 is 0. The molecule has 0 aliphatic rings. The standard InChI is InChI=1S/C26H31N3O2/c1-19-7-5-6-8-24(19)25(18-26(28-30)22-13-14-27-20(2)17-22)21-9-11-23(12-10-21)29(3)15-16-31-4/h5-14,17,25-26H,15-16,18H2,1-4H3. The summed E-state index contributed by atoms with van der Waals surface area (Å²) in [5, 5.41) is 3.50. The van der Waals surface area contributed by atoms with Gasteiger partial charge in [-0.1, -0.05) is 41.6 Å². The van der Waals surface area contributed by atoms with E-state index in [0.29, 0.717) is 13.0 Å². The van der Waals surface area contributed by atoms with Crippen molar-refractivity contribution in [3.05, 3.63) is 99.7 Å². The molecule has 0 saturated carbocycles. The highest BCUT2D eigenvalue weighted by atomic mass is 16.5. The lowest BCUT2D eigenvalue weighted by Gasteiger charge is -2.24. The van der Waals surface area contributed by atoms with E-state index in [2.05, 4.69) is 71.5 Å². The summed E-state index contributed by atoms with van der Waals surface area (Å²) in [4.78, 5) is 18.3. The molecule has 1 aromatic heterocycles. The first-order valence-corrected chi connectivity index (χ1v) is 10.6. The molecule has 1 heterocycles. The molecule has 0 saturated heterocycles. The Morgan fingerprint density at radius 3 is 2.42 bits per heavy atom. The van der Waals surface area contributed by atoms with Gasteiger partial charge in [0, 0.05) is 44.2 Å². The predicted octanol–water partition coefficient (Wildman–Crippen LogP) is 5.81. The summed E-state index contributed by atoms with van der Waals surface area (Å²) < 4.78 is 5.19. The zero-order chi connectivity index (χ0) is 22.2. The van der Waals surface area contributed by atoms with Crippen LogP contribution in [0.5, 0.6) is 0 Å². The van der Waals surface area contributed by atoms with Crippen LogP contribution in [-0.2, 0) is 4.74 Å². The summed E-state index contributed by atoms with van der Waals surface area (Å²) in [5.74, 6) is 0.0655. The Hall–Kier alpha value is -3.05. The van der Waals surface area contributed by atoms with E-state index in [1.807, 2.05) is 25.1 Å². The minimum atomic E-state index is -0.435. The largest absolute Gasteiger partial charge is 0.383 e. The lowest BCUT2D eigenvalue weighted by atomic mass is 9.82. The van der Waals surface area contributed by atoms with Crippen molar-refractivity contribution in [3.63, 3.8) is 0 Å². The van der Waals surface area contributed by atoms with Crippen LogP contribution in [0.15, 0.2) is 72.0 Å². The SMILES string of the molecule is COCCN(C)c1ccc(C(CC(N=O)c2ccnc(C)c2)c2ccccc2C)cc1. The molecular weight excluding hydrogens is 386 g/mol. The molecular formula is C26H31N3O2. The maximum Gasteiger partial charge on any atom is 0.118 e. The van der Waals surface area contributed by atoms with Crippen LogP contribution >= 0.6 is 0 Å². The molecule has 2 unspecified atom stereocenters. The lowest BCUT2D eigenvalue weighted by molar-refractivity contribution is 0.206. The Morgan fingerprint density at radius 1 is 1.03 bits per heavy atom. The molecule has 3 rings (SSSR count). The van der Waals surface area contributed by atoms with Crippen LogP contribution in [0, 0.1) is 18.8 Å². The van der Waals surface area contributed by atoms with Crippen molar-refractivity contribution in [2.75, 3.05) is 32.2 Å². The van der Waals surface area contributed by atoms with E-state index in [-0.39, 0.29) is 5.92 Å². The van der Waals surface area contributed by atoms with Crippen LogP contribution in [0.2, 0.25) is 0 Å². The molecule has 0 aliphatic heterocycles. The average molecular weight is 418 g/mol. The van der Waals surface area contributed by atoms with Gasteiger partial charge in [-0.3, -0.25) is 4.98 Å². The number of ether oxygens (including phenoxy) is 1. The molecule has 2 atom stereocenters.